The first kappa shape index (κ1) is 22.9. The highest BCUT2D eigenvalue weighted by atomic mass is 16.3. The van der Waals surface area contributed by atoms with E-state index in [0.717, 1.165) is 38.9 Å². The van der Waals surface area contributed by atoms with Crippen LogP contribution < -0.4 is 16.4 Å². The van der Waals surface area contributed by atoms with Crippen LogP contribution in [-0.4, -0.2) is 21.8 Å². The van der Waals surface area contributed by atoms with Gasteiger partial charge in [-0.2, -0.15) is 0 Å². The Morgan fingerprint density at radius 1 is 0.737 bits per heavy atom. The van der Waals surface area contributed by atoms with Gasteiger partial charge in [0.25, 0.3) is 5.91 Å². The molecule has 38 heavy (non-hydrogen) atoms. The van der Waals surface area contributed by atoms with Crippen LogP contribution in [0.4, 0.5) is 17.2 Å². The summed E-state index contributed by atoms with van der Waals surface area (Å²) in [6, 6.07) is 29.3. The van der Waals surface area contributed by atoms with Crippen molar-refractivity contribution in [2.45, 2.75) is 0 Å². The van der Waals surface area contributed by atoms with Gasteiger partial charge in [0.05, 0.1) is 5.69 Å². The molecule has 0 spiro atoms. The topological polar surface area (TPSA) is 123 Å². The lowest BCUT2D eigenvalue weighted by atomic mass is 10.1. The third kappa shape index (κ3) is 4.42. The lowest BCUT2D eigenvalue weighted by Crippen LogP contribution is -2.15. The van der Waals surface area contributed by atoms with Crippen LogP contribution in [0.5, 0.6) is 0 Å². The monoisotopic (exact) mass is 499 g/mol. The van der Waals surface area contributed by atoms with Crippen molar-refractivity contribution in [1.29, 1.82) is 0 Å². The molecule has 0 saturated heterocycles. The molecule has 4 N–H and O–H groups in total. The third-order valence-corrected chi connectivity index (χ3v) is 6.17. The molecule has 0 atom stereocenters. The van der Waals surface area contributed by atoms with Crippen LogP contribution in [0.2, 0.25) is 0 Å². The highest BCUT2D eigenvalue weighted by molar-refractivity contribution is 6.09. The minimum atomic E-state index is -0.586. The molecule has 0 aliphatic rings. The molecule has 0 bridgehead atoms. The molecular formula is C30H21N5O3. The molecule has 2 amide bonds. The largest absolute Gasteiger partial charge is 0.455 e. The average molecular weight is 500 g/mol. The van der Waals surface area contributed by atoms with Gasteiger partial charge in [-0.05, 0) is 54.6 Å². The van der Waals surface area contributed by atoms with Gasteiger partial charge in [0.2, 0.25) is 5.91 Å². The maximum Gasteiger partial charge on any atom is 0.255 e. The quantitative estimate of drug-likeness (QED) is 0.253. The van der Waals surface area contributed by atoms with E-state index in [1.807, 2.05) is 60.7 Å². The highest BCUT2D eigenvalue weighted by Gasteiger charge is 2.13. The summed E-state index contributed by atoms with van der Waals surface area (Å²) in [6.45, 7) is 0. The maximum atomic E-state index is 12.6. The Morgan fingerprint density at radius 3 is 2.32 bits per heavy atom. The van der Waals surface area contributed by atoms with Crippen LogP contribution in [0.3, 0.4) is 0 Å². The Balaban J connectivity index is 1.20. The first-order chi connectivity index (χ1) is 18.5. The molecule has 2 aromatic heterocycles. The fourth-order valence-corrected chi connectivity index (χ4v) is 4.32. The number of nitrogens with zero attached hydrogens (tertiary/aromatic N) is 2. The van der Waals surface area contributed by atoms with Crippen molar-refractivity contribution in [1.82, 2.24) is 9.97 Å². The van der Waals surface area contributed by atoms with E-state index < -0.39 is 5.91 Å². The molecule has 6 aromatic rings. The SMILES string of the molecule is NC(=O)c1cccc(C(=O)Nc2ccc(Nc3cc(-c4cccc5c4oc4ccccc45)ncn3)cc2)c1. The van der Waals surface area contributed by atoms with E-state index in [0.29, 0.717) is 17.1 Å². The summed E-state index contributed by atoms with van der Waals surface area (Å²) in [5, 5.41) is 8.19. The number of rotatable bonds is 6. The number of hydrogen-bond donors (Lipinski definition) is 3. The molecule has 0 fully saturated rings. The molecule has 0 unspecified atom stereocenters. The van der Waals surface area contributed by atoms with E-state index in [1.54, 1.807) is 30.3 Å². The summed E-state index contributed by atoms with van der Waals surface area (Å²) in [5.74, 6) is -0.311. The van der Waals surface area contributed by atoms with Crippen LogP contribution in [0, 0.1) is 0 Å². The summed E-state index contributed by atoms with van der Waals surface area (Å²) >= 11 is 0. The predicted octanol–water partition coefficient (Wildman–Crippen LogP) is 6.14. The molecule has 184 valence electrons. The van der Waals surface area contributed by atoms with Crippen LogP contribution in [0.25, 0.3) is 33.2 Å². The number of primary amides is 1. The van der Waals surface area contributed by atoms with E-state index >= 15 is 0 Å². The van der Waals surface area contributed by atoms with Crippen LogP contribution in [0.15, 0.2) is 108 Å². The van der Waals surface area contributed by atoms with Gasteiger partial charge < -0.3 is 20.8 Å². The highest BCUT2D eigenvalue weighted by Crippen LogP contribution is 2.35. The molecule has 0 radical (unpaired) electrons. The normalized spacial score (nSPS) is 10.9. The maximum absolute atomic E-state index is 12.6. The lowest BCUT2D eigenvalue weighted by molar-refractivity contribution is 0.1000. The summed E-state index contributed by atoms with van der Waals surface area (Å²) in [5.41, 5.74) is 10.5. The molecule has 0 saturated carbocycles. The third-order valence-electron chi connectivity index (χ3n) is 6.17. The second kappa shape index (κ2) is 9.51. The number of furan rings is 1. The number of aromatic nitrogens is 2. The van der Waals surface area contributed by atoms with Gasteiger partial charge in [0.1, 0.15) is 23.3 Å². The van der Waals surface area contributed by atoms with Crippen molar-refractivity contribution in [3.05, 3.63) is 115 Å². The van der Waals surface area contributed by atoms with E-state index in [9.17, 15) is 9.59 Å². The van der Waals surface area contributed by atoms with Gasteiger partial charge in [-0.1, -0.05) is 36.4 Å². The number of benzene rings is 4. The number of para-hydroxylation sites is 2. The van der Waals surface area contributed by atoms with Crippen molar-refractivity contribution in [2.24, 2.45) is 5.73 Å². The van der Waals surface area contributed by atoms with Gasteiger partial charge in [-0.25, -0.2) is 9.97 Å². The minimum Gasteiger partial charge on any atom is -0.455 e. The Labute approximate surface area is 217 Å². The molecule has 8 nitrogen and oxygen atoms in total. The number of fused-ring (bicyclic) bond motifs is 3. The Morgan fingerprint density at radius 2 is 1.47 bits per heavy atom. The smallest absolute Gasteiger partial charge is 0.255 e. The molecule has 8 heteroatoms. The summed E-state index contributed by atoms with van der Waals surface area (Å²) < 4.78 is 6.15. The molecular weight excluding hydrogens is 478 g/mol. The van der Waals surface area contributed by atoms with E-state index in [4.69, 9.17) is 10.2 Å². The molecule has 2 heterocycles. The summed E-state index contributed by atoms with van der Waals surface area (Å²) in [7, 11) is 0. The van der Waals surface area contributed by atoms with Crippen molar-refractivity contribution in [2.75, 3.05) is 10.6 Å². The minimum absolute atomic E-state index is 0.276. The second-order valence-electron chi connectivity index (χ2n) is 8.67. The number of hydrogen-bond acceptors (Lipinski definition) is 6. The Kier molecular flexibility index (Phi) is 5.74. The summed E-state index contributed by atoms with van der Waals surface area (Å²) in [4.78, 5) is 32.8. The molecule has 0 aliphatic carbocycles. The fourth-order valence-electron chi connectivity index (χ4n) is 4.32. The molecule has 6 rings (SSSR count). The van der Waals surface area contributed by atoms with Crippen molar-refractivity contribution in [3.8, 4) is 11.3 Å². The van der Waals surface area contributed by atoms with Gasteiger partial charge in [-0.15, -0.1) is 0 Å². The second-order valence-corrected chi connectivity index (χ2v) is 8.67. The summed E-state index contributed by atoms with van der Waals surface area (Å²) in [6.07, 6.45) is 1.51. The Hall–Kier alpha value is -5.50. The number of nitrogens with one attached hydrogen (secondary N) is 2. The number of anilines is 3. The zero-order valence-corrected chi connectivity index (χ0v) is 20.0. The van der Waals surface area contributed by atoms with Crippen LogP contribution in [-0.2, 0) is 0 Å². The van der Waals surface area contributed by atoms with E-state index in [-0.39, 0.29) is 11.5 Å². The number of amides is 2. The fraction of sp³-hybridized carbons (Fsp3) is 0. The average Bonchev–Trinajstić information content (AvgIpc) is 3.33. The number of nitrogens with two attached hydrogens (primary N) is 1. The van der Waals surface area contributed by atoms with Gasteiger partial charge in [0, 0.05) is 44.9 Å². The Bertz CT molecular complexity index is 1830. The van der Waals surface area contributed by atoms with Gasteiger partial charge >= 0.3 is 0 Å². The standard InChI is InChI=1S/C30H21N5O3/c31-29(36)18-5-3-6-19(15-18)30(37)35-21-13-11-20(12-14-21)34-27-16-25(32-17-33-27)24-9-4-8-23-22-7-1-2-10-26(22)38-28(23)24/h1-17H,(H2,31,36)(H,35,37)(H,32,33,34). The molecule has 4 aromatic carbocycles. The van der Waals surface area contributed by atoms with Crippen LogP contribution in [0.1, 0.15) is 20.7 Å². The lowest BCUT2D eigenvalue weighted by Gasteiger charge is -2.10. The number of carbonyl (C=O) groups is 2. The zero-order valence-electron chi connectivity index (χ0n) is 20.0. The van der Waals surface area contributed by atoms with Gasteiger partial charge in [-0.3, -0.25) is 9.59 Å². The zero-order chi connectivity index (χ0) is 26.1. The van der Waals surface area contributed by atoms with Crippen molar-refractivity contribution >= 4 is 50.9 Å². The van der Waals surface area contributed by atoms with Crippen LogP contribution >= 0.6 is 0 Å². The predicted molar refractivity (Wildman–Crippen MR) is 147 cm³/mol. The van der Waals surface area contributed by atoms with E-state index in [2.05, 4.69) is 20.6 Å². The van der Waals surface area contributed by atoms with Crippen molar-refractivity contribution < 1.29 is 14.0 Å². The van der Waals surface area contributed by atoms with Gasteiger partial charge in [0.15, 0.2) is 0 Å². The first-order valence-electron chi connectivity index (χ1n) is 11.9. The number of carbonyl (C=O) groups excluding carboxylic acids is 2. The van der Waals surface area contributed by atoms with Crippen molar-refractivity contribution in [3.63, 3.8) is 0 Å². The van der Waals surface area contributed by atoms with E-state index in [1.165, 1.54) is 12.4 Å². The molecule has 0 aliphatic heterocycles. The first-order valence-corrected chi connectivity index (χ1v) is 11.9.